The van der Waals surface area contributed by atoms with Gasteiger partial charge in [0.1, 0.15) is 5.78 Å². The van der Waals surface area contributed by atoms with E-state index < -0.39 is 0 Å². The molecule has 0 aromatic rings. The highest BCUT2D eigenvalue weighted by molar-refractivity contribution is 5.78. The van der Waals surface area contributed by atoms with Crippen molar-refractivity contribution in [2.45, 2.75) is 53.4 Å². The van der Waals surface area contributed by atoms with Crippen LogP contribution in [0.1, 0.15) is 53.4 Å². The maximum atomic E-state index is 11.5. The number of hydrogen-bond acceptors (Lipinski definition) is 1. The lowest BCUT2D eigenvalue weighted by atomic mass is 9.70. The second-order valence-electron chi connectivity index (χ2n) is 6.27. The molecule has 0 amide bonds. The highest BCUT2D eigenvalue weighted by Gasteiger charge is 2.38. The van der Waals surface area contributed by atoms with Crippen LogP contribution >= 0.6 is 0 Å². The number of ketones is 1. The van der Waals surface area contributed by atoms with Gasteiger partial charge in [-0.3, -0.25) is 4.79 Å². The normalized spacial score (nSPS) is 32.0. The summed E-state index contributed by atoms with van der Waals surface area (Å²) in [4.78, 5) is 11.5. The van der Waals surface area contributed by atoms with Crippen LogP contribution in [0.5, 0.6) is 0 Å². The lowest BCUT2D eigenvalue weighted by Crippen LogP contribution is -2.26. The third-order valence-electron chi connectivity index (χ3n) is 4.97. The number of Topliss-reactive ketones (excluding diaryl/α,β-unsaturated/α-hetero) is 1. The van der Waals surface area contributed by atoms with Crippen molar-refractivity contribution in [1.29, 1.82) is 0 Å². The van der Waals surface area contributed by atoms with Gasteiger partial charge in [0.05, 0.1) is 0 Å². The Morgan fingerprint density at radius 2 is 2.06 bits per heavy atom. The monoisotopic (exact) mass is 232 g/mol. The summed E-state index contributed by atoms with van der Waals surface area (Å²) in [5.41, 5.74) is 3.33. The molecule has 0 aromatic carbocycles. The molecule has 2 aliphatic rings. The van der Waals surface area contributed by atoms with E-state index in [9.17, 15) is 4.79 Å². The molecule has 94 valence electrons. The number of carbonyl (C=O) groups excluding carboxylic acids is 1. The van der Waals surface area contributed by atoms with E-state index >= 15 is 0 Å². The largest absolute Gasteiger partial charge is 0.300 e. The summed E-state index contributed by atoms with van der Waals surface area (Å²) in [5, 5.41) is 0. The van der Waals surface area contributed by atoms with E-state index in [0.29, 0.717) is 11.7 Å². The fourth-order valence-corrected chi connectivity index (χ4v) is 3.31. The van der Waals surface area contributed by atoms with Crippen LogP contribution in [0.2, 0.25) is 0 Å². The fourth-order valence-electron chi connectivity index (χ4n) is 3.31. The second-order valence-corrected chi connectivity index (χ2v) is 6.27. The molecule has 0 saturated heterocycles. The Hall–Kier alpha value is -0.850. The Labute approximate surface area is 105 Å². The van der Waals surface area contributed by atoms with E-state index in [2.05, 4.69) is 32.9 Å². The maximum Gasteiger partial charge on any atom is 0.133 e. The first-order valence-corrected chi connectivity index (χ1v) is 6.79. The van der Waals surface area contributed by atoms with E-state index in [4.69, 9.17) is 0 Å². The van der Waals surface area contributed by atoms with E-state index in [1.54, 1.807) is 6.92 Å². The topological polar surface area (TPSA) is 17.1 Å². The SMILES string of the molecule is CC(=O)C1CCC=C(C2CC=C(C)C2(C)C)C1. The highest BCUT2D eigenvalue weighted by Crippen LogP contribution is 2.49. The third-order valence-corrected chi connectivity index (χ3v) is 4.97. The molecule has 0 bridgehead atoms. The predicted octanol–water partition coefficient (Wildman–Crippen LogP) is 4.29. The molecule has 0 aliphatic heterocycles. The van der Waals surface area contributed by atoms with Gasteiger partial charge in [-0.25, -0.2) is 0 Å². The third kappa shape index (κ3) is 2.25. The zero-order valence-corrected chi connectivity index (χ0v) is 11.5. The summed E-state index contributed by atoms with van der Waals surface area (Å²) in [5.74, 6) is 1.28. The van der Waals surface area contributed by atoms with Gasteiger partial charge in [-0.15, -0.1) is 0 Å². The molecule has 0 heterocycles. The van der Waals surface area contributed by atoms with Crippen LogP contribution in [0, 0.1) is 17.3 Å². The Balaban J connectivity index is 2.15. The molecule has 1 heteroatoms. The Morgan fingerprint density at radius 3 is 2.59 bits per heavy atom. The van der Waals surface area contributed by atoms with Crippen LogP contribution in [-0.2, 0) is 4.79 Å². The van der Waals surface area contributed by atoms with Crippen molar-refractivity contribution in [3.63, 3.8) is 0 Å². The molecule has 2 aliphatic carbocycles. The number of carbonyl (C=O) groups is 1. The van der Waals surface area contributed by atoms with Gasteiger partial charge in [0, 0.05) is 5.92 Å². The standard InChI is InChI=1S/C16H24O/c1-11-8-9-15(16(11,3)4)14-7-5-6-13(10-14)12(2)17/h7-8,13,15H,5-6,9-10H2,1-4H3. The highest BCUT2D eigenvalue weighted by atomic mass is 16.1. The van der Waals surface area contributed by atoms with E-state index in [0.717, 1.165) is 25.7 Å². The van der Waals surface area contributed by atoms with Crippen LogP contribution in [0.15, 0.2) is 23.3 Å². The van der Waals surface area contributed by atoms with E-state index in [1.165, 1.54) is 11.1 Å². The zero-order valence-electron chi connectivity index (χ0n) is 11.5. The molecule has 2 rings (SSSR count). The van der Waals surface area contributed by atoms with Crippen molar-refractivity contribution < 1.29 is 4.79 Å². The lowest BCUT2D eigenvalue weighted by molar-refractivity contribution is -0.121. The van der Waals surface area contributed by atoms with Gasteiger partial charge < -0.3 is 0 Å². The van der Waals surface area contributed by atoms with Gasteiger partial charge >= 0.3 is 0 Å². The number of hydrogen-bond donors (Lipinski definition) is 0. The first-order chi connectivity index (χ1) is 7.93. The molecule has 0 saturated carbocycles. The van der Waals surface area contributed by atoms with Gasteiger partial charge in [-0.05, 0) is 50.9 Å². The average molecular weight is 232 g/mol. The molecule has 0 fully saturated rings. The summed E-state index contributed by atoms with van der Waals surface area (Å²) in [6, 6.07) is 0. The lowest BCUT2D eigenvalue weighted by Gasteiger charge is -2.34. The molecular formula is C16H24O. The van der Waals surface area contributed by atoms with Crippen molar-refractivity contribution in [1.82, 2.24) is 0 Å². The van der Waals surface area contributed by atoms with Crippen LogP contribution in [0.3, 0.4) is 0 Å². The summed E-state index contributed by atoms with van der Waals surface area (Å²) >= 11 is 0. The van der Waals surface area contributed by atoms with Crippen molar-refractivity contribution in [3.05, 3.63) is 23.3 Å². The quantitative estimate of drug-likeness (QED) is 0.649. The van der Waals surface area contributed by atoms with Gasteiger partial charge in [-0.2, -0.15) is 0 Å². The zero-order chi connectivity index (χ0) is 12.6. The first kappa shape index (κ1) is 12.6. The van der Waals surface area contributed by atoms with Crippen LogP contribution in [0.4, 0.5) is 0 Å². The van der Waals surface area contributed by atoms with Gasteiger partial charge in [0.15, 0.2) is 0 Å². The minimum absolute atomic E-state index is 0.282. The molecule has 1 nitrogen and oxygen atoms in total. The van der Waals surface area contributed by atoms with Crippen molar-refractivity contribution in [2.24, 2.45) is 17.3 Å². The fraction of sp³-hybridized carbons (Fsp3) is 0.688. The number of allylic oxidation sites excluding steroid dienone is 4. The summed E-state index contributed by atoms with van der Waals surface area (Å²) in [6.07, 6.45) is 9.09. The molecule has 0 radical (unpaired) electrons. The minimum atomic E-state index is 0.282. The van der Waals surface area contributed by atoms with E-state index in [1.807, 2.05) is 0 Å². The van der Waals surface area contributed by atoms with E-state index in [-0.39, 0.29) is 11.3 Å². The van der Waals surface area contributed by atoms with Gasteiger partial charge in [0.2, 0.25) is 0 Å². The Morgan fingerprint density at radius 1 is 1.35 bits per heavy atom. The van der Waals surface area contributed by atoms with Crippen LogP contribution in [-0.4, -0.2) is 5.78 Å². The van der Waals surface area contributed by atoms with Crippen molar-refractivity contribution in [3.8, 4) is 0 Å². The molecule has 0 N–H and O–H groups in total. The Kier molecular flexibility index (Phi) is 3.29. The molecular weight excluding hydrogens is 208 g/mol. The average Bonchev–Trinajstić information content (AvgIpc) is 2.54. The second kappa shape index (κ2) is 4.44. The van der Waals surface area contributed by atoms with Crippen molar-refractivity contribution >= 4 is 5.78 Å². The van der Waals surface area contributed by atoms with Gasteiger partial charge in [-0.1, -0.05) is 37.1 Å². The smallest absolute Gasteiger partial charge is 0.133 e. The molecule has 0 spiro atoms. The first-order valence-electron chi connectivity index (χ1n) is 6.79. The summed E-state index contributed by atoms with van der Waals surface area (Å²) < 4.78 is 0. The summed E-state index contributed by atoms with van der Waals surface area (Å²) in [7, 11) is 0. The van der Waals surface area contributed by atoms with Crippen LogP contribution < -0.4 is 0 Å². The molecule has 17 heavy (non-hydrogen) atoms. The maximum absolute atomic E-state index is 11.5. The molecule has 2 unspecified atom stereocenters. The van der Waals surface area contributed by atoms with Gasteiger partial charge in [0.25, 0.3) is 0 Å². The van der Waals surface area contributed by atoms with Crippen molar-refractivity contribution in [2.75, 3.05) is 0 Å². The summed E-state index contributed by atoms with van der Waals surface area (Å²) in [6.45, 7) is 8.67. The molecule has 2 atom stereocenters. The van der Waals surface area contributed by atoms with Crippen LogP contribution in [0.25, 0.3) is 0 Å². The Bertz CT molecular complexity index is 384. The predicted molar refractivity (Wildman–Crippen MR) is 71.8 cm³/mol. The molecule has 0 aromatic heterocycles. The number of rotatable bonds is 2. The minimum Gasteiger partial charge on any atom is -0.300 e.